The molecule has 0 aliphatic rings. The summed E-state index contributed by atoms with van der Waals surface area (Å²) in [5.74, 6) is -0.684. The van der Waals surface area contributed by atoms with Crippen molar-refractivity contribution < 1.29 is 18.0 Å². The maximum atomic E-state index is 12.4. The lowest BCUT2D eigenvalue weighted by Crippen LogP contribution is -2.14. The maximum Gasteiger partial charge on any atom is 0.276 e. The van der Waals surface area contributed by atoms with Gasteiger partial charge in [0, 0.05) is 18.8 Å². The first kappa shape index (κ1) is 20.5. The van der Waals surface area contributed by atoms with Crippen LogP contribution in [0.3, 0.4) is 0 Å². The second kappa shape index (κ2) is 8.03. The number of amides is 2. The molecule has 0 saturated heterocycles. The zero-order valence-electron chi connectivity index (χ0n) is 15.1. The monoisotopic (exact) mass is 433 g/mol. The van der Waals surface area contributed by atoms with Gasteiger partial charge in [-0.15, -0.1) is 0 Å². The van der Waals surface area contributed by atoms with E-state index in [0.717, 1.165) is 0 Å². The molecule has 1 heterocycles. The van der Waals surface area contributed by atoms with Gasteiger partial charge in [-0.05, 0) is 36.4 Å². The van der Waals surface area contributed by atoms with E-state index in [2.05, 4.69) is 15.7 Å². The molecule has 0 fully saturated rings. The molecular formula is C18H16ClN5O4S. The van der Waals surface area contributed by atoms with Crippen molar-refractivity contribution in [2.45, 2.75) is 4.90 Å². The summed E-state index contributed by atoms with van der Waals surface area (Å²) in [5, 5.41) is 14.6. The first-order valence-corrected chi connectivity index (χ1v) is 10.1. The summed E-state index contributed by atoms with van der Waals surface area (Å²) >= 11 is 6.02. The molecule has 3 rings (SSSR count). The largest absolute Gasteiger partial charge is 0.321 e. The van der Waals surface area contributed by atoms with Crippen LogP contribution in [0.4, 0.5) is 11.5 Å². The molecule has 4 N–H and O–H groups in total. The Balaban J connectivity index is 1.73. The first-order valence-electron chi connectivity index (χ1n) is 8.19. The minimum atomic E-state index is -3.82. The minimum absolute atomic E-state index is 0.0532. The van der Waals surface area contributed by atoms with Gasteiger partial charge in [0.25, 0.3) is 11.8 Å². The number of benzene rings is 2. The molecule has 3 aromatic rings. The van der Waals surface area contributed by atoms with Gasteiger partial charge in [0.1, 0.15) is 5.82 Å². The highest BCUT2D eigenvalue weighted by atomic mass is 35.5. The van der Waals surface area contributed by atoms with Crippen molar-refractivity contribution in [3.05, 3.63) is 70.9 Å². The van der Waals surface area contributed by atoms with Crippen molar-refractivity contribution in [1.82, 2.24) is 9.78 Å². The topological polar surface area (TPSA) is 136 Å². The highest BCUT2D eigenvalue weighted by Gasteiger charge is 2.17. The second-order valence-electron chi connectivity index (χ2n) is 6.00. The summed E-state index contributed by atoms with van der Waals surface area (Å²) in [6.07, 6.45) is 0. The van der Waals surface area contributed by atoms with Crippen molar-refractivity contribution in [3.8, 4) is 0 Å². The minimum Gasteiger partial charge on any atom is -0.321 e. The third kappa shape index (κ3) is 4.80. The van der Waals surface area contributed by atoms with Crippen LogP contribution >= 0.6 is 11.6 Å². The molecule has 9 nitrogen and oxygen atoms in total. The fourth-order valence-corrected chi connectivity index (χ4v) is 3.18. The molecule has 0 radical (unpaired) electrons. The second-order valence-corrected chi connectivity index (χ2v) is 7.96. The summed E-state index contributed by atoms with van der Waals surface area (Å²) in [7, 11) is -2.25. The summed E-state index contributed by atoms with van der Waals surface area (Å²) in [5.41, 5.74) is 0.698. The number of rotatable bonds is 5. The van der Waals surface area contributed by atoms with Gasteiger partial charge in [0.2, 0.25) is 10.0 Å². The van der Waals surface area contributed by atoms with Crippen LogP contribution in [0, 0.1) is 0 Å². The van der Waals surface area contributed by atoms with Crippen molar-refractivity contribution in [2.75, 3.05) is 10.6 Å². The van der Waals surface area contributed by atoms with Crippen LogP contribution in [0.25, 0.3) is 0 Å². The fourth-order valence-electron chi connectivity index (χ4n) is 2.45. The number of halogens is 1. The predicted molar refractivity (Wildman–Crippen MR) is 108 cm³/mol. The van der Waals surface area contributed by atoms with Crippen LogP contribution in [0.1, 0.15) is 20.8 Å². The molecule has 11 heteroatoms. The van der Waals surface area contributed by atoms with E-state index >= 15 is 0 Å². The van der Waals surface area contributed by atoms with Gasteiger partial charge in [-0.1, -0.05) is 23.7 Å². The number of anilines is 2. The number of nitrogens with one attached hydrogen (secondary N) is 2. The molecule has 0 aliphatic carbocycles. The summed E-state index contributed by atoms with van der Waals surface area (Å²) in [4.78, 5) is 24.7. The molecule has 2 amide bonds. The van der Waals surface area contributed by atoms with Gasteiger partial charge in [0.05, 0.1) is 15.5 Å². The van der Waals surface area contributed by atoms with Crippen molar-refractivity contribution in [2.24, 2.45) is 12.2 Å². The van der Waals surface area contributed by atoms with E-state index in [-0.39, 0.29) is 16.2 Å². The van der Waals surface area contributed by atoms with Gasteiger partial charge in [-0.3, -0.25) is 14.3 Å². The number of carbonyl (C=O) groups is 2. The van der Waals surface area contributed by atoms with Crippen LogP contribution < -0.4 is 15.8 Å². The summed E-state index contributed by atoms with van der Waals surface area (Å²) < 4.78 is 23.9. The lowest BCUT2D eigenvalue weighted by Gasteiger charge is -2.06. The Kier molecular flexibility index (Phi) is 5.69. The number of aromatic nitrogens is 2. The number of primary sulfonamides is 1. The Morgan fingerprint density at radius 2 is 1.69 bits per heavy atom. The summed E-state index contributed by atoms with van der Waals surface area (Å²) in [6, 6.07) is 13.3. The van der Waals surface area contributed by atoms with Gasteiger partial charge >= 0.3 is 0 Å². The molecule has 0 aliphatic heterocycles. The highest BCUT2D eigenvalue weighted by Crippen LogP contribution is 2.18. The quantitative estimate of drug-likeness (QED) is 0.566. The Morgan fingerprint density at radius 3 is 2.31 bits per heavy atom. The zero-order chi connectivity index (χ0) is 21.2. The summed E-state index contributed by atoms with van der Waals surface area (Å²) in [6.45, 7) is 0. The molecule has 150 valence electrons. The van der Waals surface area contributed by atoms with Gasteiger partial charge in [-0.2, -0.15) is 5.10 Å². The Morgan fingerprint density at radius 1 is 1.03 bits per heavy atom. The lowest BCUT2D eigenvalue weighted by atomic mass is 10.2. The third-order valence-corrected chi connectivity index (χ3v) is 5.17. The number of carbonyl (C=O) groups excluding carboxylic acids is 2. The van der Waals surface area contributed by atoms with E-state index in [1.54, 1.807) is 31.3 Å². The Bertz CT molecular complexity index is 1190. The maximum absolute atomic E-state index is 12.4. The molecule has 29 heavy (non-hydrogen) atoms. The number of nitrogens with zero attached hydrogens (tertiary/aromatic N) is 2. The van der Waals surface area contributed by atoms with Crippen LogP contribution in [0.5, 0.6) is 0 Å². The van der Waals surface area contributed by atoms with E-state index < -0.39 is 21.8 Å². The van der Waals surface area contributed by atoms with E-state index in [4.69, 9.17) is 16.7 Å². The lowest BCUT2D eigenvalue weighted by molar-refractivity contribution is 0.101. The van der Waals surface area contributed by atoms with E-state index in [1.807, 2.05) is 0 Å². The molecule has 1 aromatic heterocycles. The van der Waals surface area contributed by atoms with Crippen molar-refractivity contribution in [1.29, 1.82) is 0 Å². The molecular weight excluding hydrogens is 418 g/mol. The highest BCUT2D eigenvalue weighted by molar-refractivity contribution is 7.89. The van der Waals surface area contributed by atoms with E-state index in [9.17, 15) is 18.0 Å². The van der Waals surface area contributed by atoms with Crippen molar-refractivity contribution >= 4 is 44.9 Å². The number of sulfonamides is 1. The third-order valence-electron chi connectivity index (χ3n) is 3.91. The van der Waals surface area contributed by atoms with E-state index in [1.165, 1.54) is 35.0 Å². The van der Waals surface area contributed by atoms with Gasteiger partial charge in [-0.25, -0.2) is 13.6 Å². The molecule has 0 unspecified atom stereocenters. The first-order chi connectivity index (χ1) is 13.6. The number of hydrogen-bond donors (Lipinski definition) is 3. The van der Waals surface area contributed by atoms with Gasteiger partial charge in [0.15, 0.2) is 5.69 Å². The van der Waals surface area contributed by atoms with Crippen LogP contribution in [0.2, 0.25) is 5.02 Å². The number of aryl methyl sites for hydroxylation is 1. The van der Waals surface area contributed by atoms with Crippen LogP contribution in [0.15, 0.2) is 59.5 Å². The van der Waals surface area contributed by atoms with Gasteiger partial charge < -0.3 is 10.6 Å². The SMILES string of the molecule is Cn1nc(C(=O)Nc2ccc(S(N)(=O)=O)cc2)cc1NC(=O)c1ccccc1Cl. The predicted octanol–water partition coefficient (Wildman–Crippen LogP) is 2.23. The molecule has 0 bridgehead atoms. The fraction of sp³-hybridized carbons (Fsp3) is 0.0556. The Hall–Kier alpha value is -3.21. The zero-order valence-corrected chi connectivity index (χ0v) is 16.7. The molecule has 0 spiro atoms. The molecule has 2 aromatic carbocycles. The standard InChI is InChI=1S/C18H16ClN5O4S/c1-24-16(22-17(25)13-4-2-3-5-14(13)19)10-15(23-24)18(26)21-11-6-8-12(9-7-11)29(20,27)28/h2-10H,1H3,(H,21,26)(H,22,25)(H2,20,27,28). The molecule has 0 saturated carbocycles. The average molecular weight is 434 g/mol. The Labute approximate surface area is 171 Å². The van der Waals surface area contributed by atoms with Crippen molar-refractivity contribution in [3.63, 3.8) is 0 Å². The van der Waals surface area contributed by atoms with E-state index in [0.29, 0.717) is 16.5 Å². The van der Waals surface area contributed by atoms with Crippen LogP contribution in [-0.4, -0.2) is 30.0 Å². The van der Waals surface area contributed by atoms with Crippen LogP contribution in [-0.2, 0) is 17.1 Å². The normalized spacial score (nSPS) is 11.1. The average Bonchev–Trinajstić information content (AvgIpc) is 3.02. The number of hydrogen-bond acceptors (Lipinski definition) is 5. The number of nitrogens with two attached hydrogens (primary N) is 1. The smallest absolute Gasteiger partial charge is 0.276 e. The molecule has 0 atom stereocenters.